The van der Waals surface area contributed by atoms with E-state index < -0.39 is 11.6 Å². The Balaban J connectivity index is 2.40. The number of halogens is 2. The second-order valence-electron chi connectivity index (χ2n) is 3.44. The largest absolute Gasteiger partial charge is 0.383 e. The monoisotopic (exact) mass is 232 g/mol. The second kappa shape index (κ2) is 4.74. The van der Waals surface area contributed by atoms with Gasteiger partial charge in [0.25, 0.3) is 0 Å². The van der Waals surface area contributed by atoms with Gasteiger partial charge in [-0.3, -0.25) is 0 Å². The Kier molecular flexibility index (Phi) is 3.14. The van der Waals surface area contributed by atoms with Gasteiger partial charge in [0.15, 0.2) is 11.6 Å². The fraction of sp³-hybridized carbons (Fsp3) is 0. The summed E-state index contributed by atoms with van der Waals surface area (Å²) in [4.78, 5) is 3.87. The highest BCUT2D eigenvalue weighted by molar-refractivity contribution is 5.98. The van der Waals surface area contributed by atoms with Crippen LogP contribution in [0.3, 0.4) is 0 Å². The number of nitrogens with zero attached hydrogens (tertiary/aromatic N) is 1. The highest BCUT2D eigenvalue weighted by Gasteiger charge is 2.07. The van der Waals surface area contributed by atoms with Crippen molar-refractivity contribution >= 4 is 11.5 Å². The predicted octanol–water partition coefficient (Wildman–Crippen LogP) is 3.00. The number of aliphatic imine (C=N–C) groups is 1. The van der Waals surface area contributed by atoms with Gasteiger partial charge in [-0.2, -0.15) is 0 Å². The SMILES string of the molecule is NC(=Nc1cccc(F)c1F)c1ccccc1. The van der Waals surface area contributed by atoms with Crippen molar-refractivity contribution in [3.63, 3.8) is 0 Å². The molecule has 17 heavy (non-hydrogen) atoms. The number of rotatable bonds is 2. The Morgan fingerprint density at radius 1 is 0.941 bits per heavy atom. The lowest BCUT2D eigenvalue weighted by atomic mass is 10.2. The van der Waals surface area contributed by atoms with E-state index in [1.54, 1.807) is 24.3 Å². The zero-order valence-electron chi connectivity index (χ0n) is 8.90. The molecule has 0 unspecified atom stereocenters. The van der Waals surface area contributed by atoms with Crippen molar-refractivity contribution in [3.8, 4) is 0 Å². The molecular formula is C13H10F2N2. The average Bonchev–Trinajstić information content (AvgIpc) is 2.36. The van der Waals surface area contributed by atoms with Crippen molar-refractivity contribution in [1.82, 2.24) is 0 Å². The smallest absolute Gasteiger partial charge is 0.184 e. The van der Waals surface area contributed by atoms with Gasteiger partial charge in [0.05, 0.1) is 0 Å². The molecule has 0 saturated carbocycles. The molecule has 2 aromatic rings. The van der Waals surface area contributed by atoms with Gasteiger partial charge in [0, 0.05) is 5.56 Å². The van der Waals surface area contributed by atoms with E-state index in [1.165, 1.54) is 12.1 Å². The van der Waals surface area contributed by atoms with Gasteiger partial charge < -0.3 is 5.73 Å². The first-order chi connectivity index (χ1) is 8.18. The molecule has 2 rings (SSSR count). The molecule has 0 saturated heterocycles. The first-order valence-electron chi connectivity index (χ1n) is 5.02. The number of benzene rings is 2. The number of nitrogens with two attached hydrogens (primary N) is 1. The molecule has 0 bridgehead atoms. The summed E-state index contributed by atoms with van der Waals surface area (Å²) in [7, 11) is 0. The van der Waals surface area contributed by atoms with Gasteiger partial charge in [-0.25, -0.2) is 13.8 Å². The summed E-state index contributed by atoms with van der Waals surface area (Å²) >= 11 is 0. The van der Waals surface area contributed by atoms with Crippen LogP contribution in [0.1, 0.15) is 5.56 Å². The molecule has 0 aromatic heterocycles. The van der Waals surface area contributed by atoms with Crippen molar-refractivity contribution in [2.24, 2.45) is 10.7 Å². The highest BCUT2D eigenvalue weighted by atomic mass is 19.2. The summed E-state index contributed by atoms with van der Waals surface area (Å²) in [5, 5.41) is 0. The van der Waals surface area contributed by atoms with Crippen LogP contribution in [-0.4, -0.2) is 5.84 Å². The normalized spacial score (nSPS) is 11.5. The minimum absolute atomic E-state index is 0.105. The lowest BCUT2D eigenvalue weighted by Crippen LogP contribution is -2.12. The molecule has 0 aliphatic rings. The maximum Gasteiger partial charge on any atom is 0.184 e. The molecule has 2 nitrogen and oxygen atoms in total. The molecule has 2 aromatic carbocycles. The Hall–Kier alpha value is -2.23. The summed E-state index contributed by atoms with van der Waals surface area (Å²) in [6, 6.07) is 12.7. The fourth-order valence-corrected chi connectivity index (χ4v) is 1.38. The Labute approximate surface area is 97.4 Å². The van der Waals surface area contributed by atoms with Crippen LogP contribution in [0, 0.1) is 11.6 Å². The van der Waals surface area contributed by atoms with Gasteiger partial charge in [-0.1, -0.05) is 36.4 Å². The summed E-state index contributed by atoms with van der Waals surface area (Å²) in [5.41, 5.74) is 6.26. The van der Waals surface area contributed by atoms with Crippen molar-refractivity contribution in [1.29, 1.82) is 0 Å². The Morgan fingerprint density at radius 3 is 2.35 bits per heavy atom. The Bertz CT molecular complexity index is 551. The molecule has 2 N–H and O–H groups in total. The topological polar surface area (TPSA) is 38.4 Å². The molecule has 0 aliphatic heterocycles. The third-order valence-electron chi connectivity index (χ3n) is 2.24. The number of amidine groups is 1. The van der Waals surface area contributed by atoms with E-state index >= 15 is 0 Å². The maximum atomic E-state index is 13.3. The van der Waals surface area contributed by atoms with Crippen molar-refractivity contribution in [2.75, 3.05) is 0 Å². The maximum absolute atomic E-state index is 13.3. The van der Waals surface area contributed by atoms with Gasteiger partial charge >= 0.3 is 0 Å². The molecule has 86 valence electrons. The van der Waals surface area contributed by atoms with Gasteiger partial charge in [0.1, 0.15) is 11.5 Å². The van der Waals surface area contributed by atoms with Crippen molar-refractivity contribution < 1.29 is 8.78 Å². The fourth-order valence-electron chi connectivity index (χ4n) is 1.38. The van der Waals surface area contributed by atoms with Gasteiger partial charge in [-0.05, 0) is 12.1 Å². The van der Waals surface area contributed by atoms with E-state index in [4.69, 9.17) is 5.73 Å². The second-order valence-corrected chi connectivity index (χ2v) is 3.44. The van der Waals surface area contributed by atoms with Crippen LogP contribution in [0.4, 0.5) is 14.5 Å². The quantitative estimate of drug-likeness (QED) is 0.627. The summed E-state index contributed by atoms with van der Waals surface area (Å²) in [5.74, 6) is -1.78. The molecule has 0 heterocycles. The van der Waals surface area contributed by atoms with Crippen LogP contribution in [0.2, 0.25) is 0 Å². The molecule has 0 fully saturated rings. The first kappa shape index (κ1) is 11.3. The minimum atomic E-state index is -0.994. The number of hydrogen-bond acceptors (Lipinski definition) is 1. The van der Waals surface area contributed by atoms with Gasteiger partial charge in [-0.15, -0.1) is 0 Å². The van der Waals surface area contributed by atoms with E-state index in [2.05, 4.69) is 4.99 Å². The summed E-state index contributed by atoms with van der Waals surface area (Å²) in [6.07, 6.45) is 0. The lowest BCUT2D eigenvalue weighted by molar-refractivity contribution is 0.510. The Morgan fingerprint density at radius 2 is 1.65 bits per heavy atom. The van der Waals surface area contributed by atoms with Crippen molar-refractivity contribution in [2.45, 2.75) is 0 Å². The molecule has 0 radical (unpaired) electrons. The van der Waals surface area contributed by atoms with Crippen molar-refractivity contribution in [3.05, 3.63) is 65.7 Å². The average molecular weight is 232 g/mol. The predicted molar refractivity (Wildman–Crippen MR) is 63.2 cm³/mol. The van der Waals surface area contributed by atoms with Crippen LogP contribution in [0.5, 0.6) is 0 Å². The minimum Gasteiger partial charge on any atom is -0.383 e. The molecule has 4 heteroatoms. The van der Waals surface area contributed by atoms with E-state index in [0.717, 1.165) is 6.07 Å². The van der Waals surface area contributed by atoms with E-state index in [9.17, 15) is 8.78 Å². The standard InChI is InChI=1S/C13H10F2N2/c14-10-7-4-8-11(12(10)15)17-13(16)9-5-2-1-3-6-9/h1-8H,(H2,16,17). The van der Waals surface area contributed by atoms with Gasteiger partial charge in [0.2, 0.25) is 0 Å². The first-order valence-corrected chi connectivity index (χ1v) is 5.02. The summed E-state index contributed by atoms with van der Waals surface area (Å²) < 4.78 is 26.3. The van der Waals surface area contributed by atoms with Crippen LogP contribution in [0.15, 0.2) is 53.5 Å². The zero-order chi connectivity index (χ0) is 12.3. The lowest BCUT2D eigenvalue weighted by Gasteiger charge is -2.02. The third-order valence-corrected chi connectivity index (χ3v) is 2.24. The van der Waals surface area contributed by atoms with Crippen LogP contribution in [-0.2, 0) is 0 Å². The molecule has 0 spiro atoms. The zero-order valence-corrected chi connectivity index (χ0v) is 8.90. The number of hydrogen-bond donors (Lipinski definition) is 1. The van der Waals surface area contributed by atoms with E-state index in [1.807, 2.05) is 6.07 Å². The third kappa shape index (κ3) is 2.47. The van der Waals surface area contributed by atoms with Crippen LogP contribution >= 0.6 is 0 Å². The molecule has 0 amide bonds. The van der Waals surface area contributed by atoms with E-state index in [-0.39, 0.29) is 11.5 Å². The highest BCUT2D eigenvalue weighted by Crippen LogP contribution is 2.20. The van der Waals surface area contributed by atoms with Crippen LogP contribution in [0.25, 0.3) is 0 Å². The van der Waals surface area contributed by atoms with E-state index in [0.29, 0.717) is 5.56 Å². The summed E-state index contributed by atoms with van der Waals surface area (Å²) in [6.45, 7) is 0. The molecular weight excluding hydrogens is 222 g/mol. The molecule has 0 aliphatic carbocycles. The molecule has 0 atom stereocenters. The van der Waals surface area contributed by atoms with Crippen LogP contribution < -0.4 is 5.73 Å².